The summed E-state index contributed by atoms with van der Waals surface area (Å²) in [6, 6.07) is -0.283. The Morgan fingerprint density at radius 3 is 2.05 bits per heavy atom. The zero-order chi connectivity index (χ0) is 16.4. The Morgan fingerprint density at radius 1 is 1.19 bits per heavy atom. The molecule has 0 aromatic heterocycles. The summed E-state index contributed by atoms with van der Waals surface area (Å²) in [6.07, 6.45) is 1.04. The lowest BCUT2D eigenvalue weighted by Gasteiger charge is -2.34. The van der Waals surface area contributed by atoms with Gasteiger partial charge in [-0.25, -0.2) is 13.1 Å². The third kappa shape index (κ3) is 3.94. The van der Waals surface area contributed by atoms with Gasteiger partial charge in [-0.05, 0) is 40.5 Å². The van der Waals surface area contributed by atoms with E-state index < -0.39 is 20.7 Å². The summed E-state index contributed by atoms with van der Waals surface area (Å²) in [7, 11) is -3.85. The summed E-state index contributed by atoms with van der Waals surface area (Å²) in [4.78, 5) is 24.8. The number of amides is 2. The number of nitrogens with zero attached hydrogens (tertiary/aromatic N) is 1. The molecule has 0 spiro atoms. The summed E-state index contributed by atoms with van der Waals surface area (Å²) in [5, 5.41) is 0. The molecule has 0 saturated carbocycles. The summed E-state index contributed by atoms with van der Waals surface area (Å²) in [6.45, 7) is 7.07. The van der Waals surface area contributed by atoms with Crippen LogP contribution >= 0.6 is 0 Å². The highest BCUT2D eigenvalue weighted by Crippen LogP contribution is 2.19. The van der Waals surface area contributed by atoms with Gasteiger partial charge in [-0.15, -0.1) is 0 Å². The van der Waals surface area contributed by atoms with E-state index in [1.807, 2.05) is 0 Å². The first-order valence-corrected chi connectivity index (χ1v) is 8.38. The maximum Gasteiger partial charge on any atom is 0.239 e. The molecule has 1 aliphatic rings. The lowest BCUT2D eigenvalue weighted by atomic mass is 10.0. The number of carbonyl (C=O) groups is 2. The number of carbonyl (C=O) groups excluding carboxylic acids is 2. The Labute approximate surface area is 126 Å². The molecule has 1 fully saturated rings. The second-order valence-corrected chi connectivity index (χ2v) is 8.33. The predicted octanol–water partition coefficient (Wildman–Crippen LogP) is -0.225. The van der Waals surface area contributed by atoms with Crippen molar-refractivity contribution in [2.75, 3.05) is 13.1 Å². The quantitative estimate of drug-likeness (QED) is 0.730. The molecule has 21 heavy (non-hydrogen) atoms. The molecule has 8 heteroatoms. The van der Waals surface area contributed by atoms with E-state index in [0.29, 0.717) is 31.8 Å². The van der Waals surface area contributed by atoms with Crippen molar-refractivity contribution in [3.8, 4) is 0 Å². The van der Waals surface area contributed by atoms with Gasteiger partial charge in [-0.2, -0.15) is 0 Å². The third-order valence-electron chi connectivity index (χ3n) is 3.80. The lowest BCUT2D eigenvalue weighted by Crippen LogP contribution is -2.55. The van der Waals surface area contributed by atoms with Crippen LogP contribution in [0, 0.1) is 5.92 Å². The second kappa shape index (κ2) is 6.31. The highest BCUT2D eigenvalue weighted by molar-refractivity contribution is 7.91. The number of sulfonamides is 1. The number of hydrogen-bond acceptors (Lipinski definition) is 4. The fourth-order valence-electron chi connectivity index (χ4n) is 2.02. The van der Waals surface area contributed by atoms with E-state index in [9.17, 15) is 18.0 Å². The minimum atomic E-state index is -3.85. The Kier molecular flexibility index (Phi) is 5.38. The van der Waals surface area contributed by atoms with Crippen LogP contribution in [0.5, 0.6) is 0 Å². The van der Waals surface area contributed by atoms with Crippen molar-refractivity contribution in [2.24, 2.45) is 5.73 Å². The van der Waals surface area contributed by atoms with Gasteiger partial charge in [0.25, 0.3) is 0 Å². The molecule has 0 aromatic carbocycles. The largest absolute Gasteiger partial charge is 0.368 e. The topological polar surface area (TPSA) is 110 Å². The van der Waals surface area contributed by atoms with Gasteiger partial charge in [0, 0.05) is 19.1 Å². The first-order valence-electron chi connectivity index (χ1n) is 6.90. The maximum atomic E-state index is 12.2. The van der Waals surface area contributed by atoms with Crippen LogP contribution in [0.3, 0.4) is 0 Å². The summed E-state index contributed by atoms with van der Waals surface area (Å²) in [5.41, 5.74) is 5.14. The van der Waals surface area contributed by atoms with Gasteiger partial charge in [-0.3, -0.25) is 9.59 Å². The summed E-state index contributed by atoms with van der Waals surface area (Å²) < 4.78 is 25.3. The Bertz CT molecular complexity index is 506. The molecular formula is C13H24N3O4S. The highest BCUT2D eigenvalue weighted by atomic mass is 32.2. The van der Waals surface area contributed by atoms with E-state index in [1.54, 1.807) is 18.7 Å². The molecule has 1 radical (unpaired) electrons. The molecule has 2 amide bonds. The fourth-order valence-corrected chi connectivity index (χ4v) is 3.25. The standard InChI is InChI=1S/C13H24N3O4S/c1-9(2)11(17)16-7-5-10(6-8-16)15-21(19,20)13(3,4)12(14)18/h10,15H,5-8H2,1-4H3,(H2,14,18). The summed E-state index contributed by atoms with van der Waals surface area (Å²) >= 11 is 0. The van der Waals surface area contributed by atoms with Gasteiger partial charge in [0.2, 0.25) is 21.8 Å². The van der Waals surface area contributed by atoms with E-state index in [1.165, 1.54) is 13.8 Å². The monoisotopic (exact) mass is 318 g/mol. The molecule has 7 nitrogen and oxygen atoms in total. The lowest BCUT2D eigenvalue weighted by molar-refractivity contribution is -0.130. The number of nitrogens with one attached hydrogen (secondary N) is 1. The molecule has 0 unspecified atom stereocenters. The van der Waals surface area contributed by atoms with Crippen LogP contribution in [0.4, 0.5) is 0 Å². The van der Waals surface area contributed by atoms with E-state index in [-0.39, 0.29) is 11.9 Å². The minimum absolute atomic E-state index is 0.00577. The molecule has 0 aromatic rings. The van der Waals surface area contributed by atoms with E-state index in [0.717, 1.165) is 0 Å². The van der Waals surface area contributed by atoms with Crippen LogP contribution in [0.2, 0.25) is 0 Å². The van der Waals surface area contributed by atoms with Crippen molar-refractivity contribution < 1.29 is 18.0 Å². The van der Waals surface area contributed by atoms with Crippen molar-refractivity contribution in [3.63, 3.8) is 0 Å². The van der Waals surface area contributed by atoms with Crippen LogP contribution in [0.15, 0.2) is 0 Å². The SMILES string of the molecule is C[C](C)C(=O)N1CCC(NS(=O)(=O)C(C)(C)C(N)=O)CC1. The third-order valence-corrected chi connectivity index (χ3v) is 5.99. The van der Waals surface area contributed by atoms with Crippen LogP contribution < -0.4 is 10.5 Å². The number of hydrogen-bond donors (Lipinski definition) is 2. The molecule has 1 aliphatic heterocycles. The van der Waals surface area contributed by atoms with Crippen molar-refractivity contribution >= 4 is 21.8 Å². The average molecular weight is 318 g/mol. The zero-order valence-corrected chi connectivity index (χ0v) is 13.8. The number of rotatable bonds is 5. The molecule has 0 aliphatic carbocycles. The van der Waals surface area contributed by atoms with E-state index in [4.69, 9.17) is 5.73 Å². The normalized spacial score (nSPS) is 18.0. The summed E-state index contributed by atoms with van der Waals surface area (Å²) in [5.74, 6) is -0.184. The van der Waals surface area contributed by atoms with Crippen LogP contribution in [-0.4, -0.2) is 49.0 Å². The van der Waals surface area contributed by atoms with Gasteiger partial charge in [0.15, 0.2) is 4.75 Å². The van der Waals surface area contributed by atoms with Crippen molar-refractivity contribution in [3.05, 3.63) is 5.92 Å². The number of piperidine rings is 1. The van der Waals surface area contributed by atoms with E-state index in [2.05, 4.69) is 4.72 Å². The molecule has 3 N–H and O–H groups in total. The molecule has 1 rings (SSSR count). The smallest absolute Gasteiger partial charge is 0.239 e. The first kappa shape index (κ1) is 17.9. The Morgan fingerprint density at radius 2 is 1.67 bits per heavy atom. The number of primary amides is 1. The van der Waals surface area contributed by atoms with Crippen LogP contribution in [0.1, 0.15) is 40.5 Å². The van der Waals surface area contributed by atoms with Crippen molar-refractivity contribution in [2.45, 2.75) is 51.3 Å². The molecular weight excluding hydrogens is 294 g/mol. The molecule has 1 heterocycles. The van der Waals surface area contributed by atoms with E-state index >= 15 is 0 Å². The Balaban J connectivity index is 2.65. The molecule has 0 atom stereocenters. The second-order valence-electron chi connectivity index (χ2n) is 6.06. The molecule has 121 valence electrons. The van der Waals surface area contributed by atoms with Crippen LogP contribution in [0.25, 0.3) is 0 Å². The van der Waals surface area contributed by atoms with Gasteiger partial charge in [0.05, 0.1) is 5.92 Å². The van der Waals surface area contributed by atoms with Gasteiger partial charge in [0.1, 0.15) is 0 Å². The zero-order valence-electron chi connectivity index (χ0n) is 13.0. The highest BCUT2D eigenvalue weighted by Gasteiger charge is 2.41. The van der Waals surface area contributed by atoms with Gasteiger partial charge in [-0.1, -0.05) is 0 Å². The maximum absolute atomic E-state index is 12.2. The van der Waals surface area contributed by atoms with Gasteiger partial charge >= 0.3 is 0 Å². The minimum Gasteiger partial charge on any atom is -0.368 e. The van der Waals surface area contributed by atoms with Crippen molar-refractivity contribution in [1.29, 1.82) is 0 Å². The number of likely N-dealkylation sites (tertiary alicyclic amines) is 1. The first-order chi connectivity index (χ1) is 9.49. The Hall–Kier alpha value is -1.15. The average Bonchev–Trinajstić information content (AvgIpc) is 2.37. The fraction of sp³-hybridized carbons (Fsp3) is 0.769. The molecule has 0 bridgehead atoms. The van der Waals surface area contributed by atoms with Crippen molar-refractivity contribution in [1.82, 2.24) is 9.62 Å². The van der Waals surface area contributed by atoms with Gasteiger partial charge < -0.3 is 10.6 Å². The van der Waals surface area contributed by atoms with Crippen LogP contribution in [-0.2, 0) is 19.6 Å². The predicted molar refractivity (Wildman–Crippen MR) is 79.5 cm³/mol. The molecule has 1 saturated heterocycles. The number of nitrogens with two attached hydrogens (primary N) is 1.